The van der Waals surface area contributed by atoms with Crippen LogP contribution in [0.5, 0.6) is 0 Å². The van der Waals surface area contributed by atoms with Crippen LogP contribution in [0.4, 0.5) is 13.2 Å². The SMILES string of the molecule is CCOC(C)C(=O)NCCOCC(F)(F)F. The highest BCUT2D eigenvalue weighted by atomic mass is 19.4. The molecule has 0 aliphatic carbocycles. The molecule has 0 radical (unpaired) electrons. The predicted octanol–water partition coefficient (Wildman–Crippen LogP) is 1.11. The Kier molecular flexibility index (Phi) is 7.07. The topological polar surface area (TPSA) is 47.6 Å². The highest BCUT2D eigenvalue weighted by Gasteiger charge is 2.27. The second-order valence-corrected chi connectivity index (χ2v) is 3.06. The van der Waals surface area contributed by atoms with E-state index in [1.807, 2.05) is 0 Å². The monoisotopic (exact) mass is 243 g/mol. The molecule has 0 bridgehead atoms. The quantitative estimate of drug-likeness (QED) is 0.681. The maximum absolute atomic E-state index is 11.6. The number of hydrogen-bond donors (Lipinski definition) is 1. The lowest BCUT2D eigenvalue weighted by Crippen LogP contribution is -2.36. The minimum Gasteiger partial charge on any atom is -0.370 e. The van der Waals surface area contributed by atoms with Gasteiger partial charge in [-0.1, -0.05) is 0 Å². The number of halogens is 3. The number of ether oxygens (including phenoxy) is 2. The Hall–Kier alpha value is -0.820. The van der Waals surface area contributed by atoms with E-state index in [4.69, 9.17) is 4.74 Å². The van der Waals surface area contributed by atoms with Crippen molar-refractivity contribution in [3.05, 3.63) is 0 Å². The van der Waals surface area contributed by atoms with Crippen LogP contribution in [-0.2, 0) is 14.3 Å². The molecule has 0 aromatic heterocycles. The Bertz CT molecular complexity index is 209. The van der Waals surface area contributed by atoms with Crippen LogP contribution in [0.3, 0.4) is 0 Å². The summed E-state index contributed by atoms with van der Waals surface area (Å²) in [4.78, 5) is 11.2. The fraction of sp³-hybridized carbons (Fsp3) is 0.889. The first kappa shape index (κ1) is 15.2. The van der Waals surface area contributed by atoms with Crippen molar-refractivity contribution < 1.29 is 27.4 Å². The van der Waals surface area contributed by atoms with Crippen LogP contribution < -0.4 is 5.32 Å². The Morgan fingerprint density at radius 1 is 1.44 bits per heavy atom. The average molecular weight is 243 g/mol. The third kappa shape index (κ3) is 8.49. The number of alkyl halides is 3. The molecule has 0 fully saturated rings. The van der Waals surface area contributed by atoms with E-state index in [0.717, 1.165) is 0 Å². The first-order valence-corrected chi connectivity index (χ1v) is 4.90. The third-order valence-corrected chi connectivity index (χ3v) is 1.60. The summed E-state index contributed by atoms with van der Waals surface area (Å²) in [6, 6.07) is 0. The molecule has 1 N–H and O–H groups in total. The van der Waals surface area contributed by atoms with Gasteiger partial charge in [-0.25, -0.2) is 0 Å². The lowest BCUT2D eigenvalue weighted by molar-refractivity contribution is -0.173. The number of amides is 1. The predicted molar refractivity (Wildman–Crippen MR) is 51.0 cm³/mol. The number of carbonyl (C=O) groups is 1. The summed E-state index contributed by atoms with van der Waals surface area (Å²) in [7, 11) is 0. The van der Waals surface area contributed by atoms with E-state index in [0.29, 0.717) is 6.61 Å². The number of nitrogens with one attached hydrogen (secondary N) is 1. The molecule has 0 aliphatic rings. The van der Waals surface area contributed by atoms with Crippen LogP contribution in [0.1, 0.15) is 13.8 Å². The molecule has 0 saturated carbocycles. The van der Waals surface area contributed by atoms with Crippen LogP contribution in [-0.4, -0.2) is 44.6 Å². The summed E-state index contributed by atoms with van der Waals surface area (Å²) in [5.74, 6) is -0.363. The van der Waals surface area contributed by atoms with Gasteiger partial charge in [0.2, 0.25) is 5.91 Å². The lowest BCUT2D eigenvalue weighted by Gasteiger charge is -2.12. The third-order valence-electron chi connectivity index (χ3n) is 1.60. The molecule has 0 aliphatic heterocycles. The zero-order valence-corrected chi connectivity index (χ0v) is 9.26. The molecule has 7 heteroatoms. The standard InChI is InChI=1S/C9H16F3NO3/c1-3-16-7(2)8(14)13-4-5-15-6-9(10,11)12/h7H,3-6H2,1-2H3,(H,13,14). The van der Waals surface area contributed by atoms with Gasteiger partial charge in [0, 0.05) is 13.2 Å². The zero-order valence-electron chi connectivity index (χ0n) is 9.26. The van der Waals surface area contributed by atoms with E-state index in [-0.39, 0.29) is 19.1 Å². The van der Waals surface area contributed by atoms with E-state index in [1.54, 1.807) is 13.8 Å². The van der Waals surface area contributed by atoms with Gasteiger partial charge in [-0.05, 0) is 13.8 Å². The van der Waals surface area contributed by atoms with Crippen LogP contribution in [0, 0.1) is 0 Å². The maximum atomic E-state index is 11.6. The molecular formula is C9H16F3NO3. The molecule has 96 valence electrons. The van der Waals surface area contributed by atoms with Crippen molar-refractivity contribution in [1.29, 1.82) is 0 Å². The van der Waals surface area contributed by atoms with Gasteiger partial charge in [-0.15, -0.1) is 0 Å². The largest absolute Gasteiger partial charge is 0.411 e. The van der Waals surface area contributed by atoms with Crippen LogP contribution in [0.25, 0.3) is 0 Å². The van der Waals surface area contributed by atoms with Crippen molar-refractivity contribution >= 4 is 5.91 Å². The lowest BCUT2D eigenvalue weighted by atomic mass is 10.4. The minimum atomic E-state index is -4.33. The summed E-state index contributed by atoms with van der Waals surface area (Å²) < 4.78 is 44.2. The van der Waals surface area contributed by atoms with Crippen LogP contribution in [0.2, 0.25) is 0 Å². The van der Waals surface area contributed by atoms with Crippen molar-refractivity contribution in [3.63, 3.8) is 0 Å². The van der Waals surface area contributed by atoms with E-state index in [2.05, 4.69) is 10.1 Å². The zero-order chi connectivity index (χ0) is 12.6. The van der Waals surface area contributed by atoms with Crippen molar-refractivity contribution in [2.24, 2.45) is 0 Å². The Morgan fingerprint density at radius 3 is 2.56 bits per heavy atom. The molecule has 0 aromatic rings. The van der Waals surface area contributed by atoms with Crippen LogP contribution in [0.15, 0.2) is 0 Å². The summed E-state index contributed by atoms with van der Waals surface area (Å²) in [6.07, 6.45) is -4.93. The van der Waals surface area contributed by atoms with E-state index < -0.39 is 18.9 Å². The molecule has 1 unspecified atom stereocenters. The van der Waals surface area contributed by atoms with Crippen molar-refractivity contribution in [2.45, 2.75) is 26.1 Å². The van der Waals surface area contributed by atoms with Crippen molar-refractivity contribution in [1.82, 2.24) is 5.32 Å². The maximum Gasteiger partial charge on any atom is 0.411 e. The van der Waals surface area contributed by atoms with Gasteiger partial charge in [0.25, 0.3) is 0 Å². The fourth-order valence-corrected chi connectivity index (χ4v) is 0.904. The van der Waals surface area contributed by atoms with Crippen LogP contribution >= 0.6 is 0 Å². The van der Waals surface area contributed by atoms with E-state index in [9.17, 15) is 18.0 Å². The van der Waals surface area contributed by atoms with Crippen molar-refractivity contribution in [2.75, 3.05) is 26.4 Å². The molecule has 0 saturated heterocycles. The smallest absolute Gasteiger partial charge is 0.370 e. The van der Waals surface area contributed by atoms with E-state index in [1.165, 1.54) is 0 Å². The number of carbonyl (C=O) groups excluding carboxylic acids is 1. The summed E-state index contributed by atoms with van der Waals surface area (Å²) in [6.45, 7) is 2.27. The minimum absolute atomic E-state index is 0.0341. The molecule has 1 atom stereocenters. The fourth-order valence-electron chi connectivity index (χ4n) is 0.904. The summed E-state index contributed by atoms with van der Waals surface area (Å²) >= 11 is 0. The number of hydrogen-bond acceptors (Lipinski definition) is 3. The van der Waals surface area contributed by atoms with Gasteiger partial charge >= 0.3 is 6.18 Å². The Morgan fingerprint density at radius 2 is 2.06 bits per heavy atom. The van der Waals surface area contributed by atoms with Gasteiger partial charge in [0.15, 0.2) is 0 Å². The molecule has 1 amide bonds. The molecule has 0 aromatic carbocycles. The Labute approximate surface area is 92.1 Å². The molecule has 0 spiro atoms. The highest BCUT2D eigenvalue weighted by molar-refractivity contribution is 5.80. The van der Waals surface area contributed by atoms with Gasteiger partial charge in [0.1, 0.15) is 12.7 Å². The van der Waals surface area contributed by atoms with Gasteiger partial charge in [-0.3, -0.25) is 4.79 Å². The highest BCUT2D eigenvalue weighted by Crippen LogP contribution is 2.13. The second-order valence-electron chi connectivity index (χ2n) is 3.06. The first-order valence-electron chi connectivity index (χ1n) is 4.90. The molecule has 4 nitrogen and oxygen atoms in total. The second kappa shape index (κ2) is 7.45. The normalized spacial score (nSPS) is 13.6. The molecule has 16 heavy (non-hydrogen) atoms. The average Bonchev–Trinajstić information content (AvgIpc) is 2.15. The first-order chi connectivity index (χ1) is 7.37. The molecule has 0 rings (SSSR count). The van der Waals surface area contributed by atoms with Gasteiger partial charge < -0.3 is 14.8 Å². The summed E-state index contributed by atoms with van der Waals surface area (Å²) in [5, 5.41) is 2.40. The van der Waals surface area contributed by atoms with Gasteiger partial charge in [0.05, 0.1) is 6.61 Å². The Balaban J connectivity index is 3.48. The number of rotatable bonds is 7. The summed E-state index contributed by atoms with van der Waals surface area (Å²) in [5.41, 5.74) is 0. The van der Waals surface area contributed by atoms with Crippen molar-refractivity contribution in [3.8, 4) is 0 Å². The van der Waals surface area contributed by atoms with E-state index >= 15 is 0 Å². The van der Waals surface area contributed by atoms with Gasteiger partial charge in [-0.2, -0.15) is 13.2 Å². The molecular weight excluding hydrogens is 227 g/mol. The molecule has 0 heterocycles.